The number of benzene rings is 2. The van der Waals surface area contributed by atoms with Gasteiger partial charge in [0.05, 0.1) is 7.11 Å². The summed E-state index contributed by atoms with van der Waals surface area (Å²) in [4.78, 5) is 29.9. The van der Waals surface area contributed by atoms with E-state index < -0.39 is 0 Å². The number of piperidine rings is 1. The van der Waals surface area contributed by atoms with Gasteiger partial charge in [-0.05, 0) is 61.1 Å². The number of rotatable bonds is 7. The fraction of sp³-hybridized carbons (Fsp3) is 0.370. The van der Waals surface area contributed by atoms with Gasteiger partial charge in [-0.3, -0.25) is 14.3 Å². The van der Waals surface area contributed by atoms with E-state index >= 15 is 0 Å². The maximum Gasteiger partial charge on any atom is 0.274 e. The highest BCUT2D eigenvalue weighted by atomic mass is 16.5. The zero-order valence-corrected chi connectivity index (χ0v) is 20.1. The summed E-state index contributed by atoms with van der Waals surface area (Å²) in [6, 6.07) is 19.2. The lowest BCUT2D eigenvalue weighted by atomic mass is 9.84. The minimum Gasteiger partial charge on any atom is -0.497 e. The highest BCUT2D eigenvalue weighted by molar-refractivity contribution is 5.94. The fourth-order valence-electron chi connectivity index (χ4n) is 4.77. The molecular formula is C27H32N4O3. The molecule has 3 aromatic rings. The Bertz CT molecular complexity index is 1120. The van der Waals surface area contributed by atoms with E-state index in [-0.39, 0.29) is 23.8 Å². The van der Waals surface area contributed by atoms with E-state index in [2.05, 4.69) is 11.2 Å². The van der Waals surface area contributed by atoms with Crippen LogP contribution in [-0.4, -0.2) is 64.7 Å². The molecule has 2 aromatic carbocycles. The minimum atomic E-state index is -0.0868. The van der Waals surface area contributed by atoms with E-state index in [0.29, 0.717) is 25.2 Å². The normalized spacial score (nSPS) is 15.1. The quantitative estimate of drug-likeness (QED) is 0.540. The maximum atomic E-state index is 13.3. The fourth-order valence-corrected chi connectivity index (χ4v) is 4.77. The van der Waals surface area contributed by atoms with E-state index in [4.69, 9.17) is 4.74 Å². The predicted molar refractivity (Wildman–Crippen MR) is 131 cm³/mol. The topological polar surface area (TPSA) is 67.7 Å². The third-order valence-electron chi connectivity index (χ3n) is 6.72. The van der Waals surface area contributed by atoms with Crippen molar-refractivity contribution < 1.29 is 14.3 Å². The zero-order chi connectivity index (χ0) is 24.1. The molecule has 1 aliphatic rings. The minimum absolute atomic E-state index is 0.0180. The van der Waals surface area contributed by atoms with Gasteiger partial charge in [0.15, 0.2) is 0 Å². The van der Waals surface area contributed by atoms with Gasteiger partial charge < -0.3 is 14.5 Å². The van der Waals surface area contributed by atoms with E-state index in [1.165, 1.54) is 0 Å². The molecule has 4 rings (SSSR count). The van der Waals surface area contributed by atoms with Crippen LogP contribution in [0.2, 0.25) is 0 Å². The Morgan fingerprint density at radius 3 is 2.47 bits per heavy atom. The molecule has 1 aliphatic heterocycles. The number of aromatic nitrogens is 2. The number of aryl methyl sites for hydroxylation is 1. The number of hydrogen-bond acceptors (Lipinski definition) is 4. The number of methoxy groups -OCH3 is 1. The number of nitrogens with zero attached hydrogens (tertiary/aromatic N) is 4. The average molecular weight is 461 g/mol. The molecule has 1 saturated heterocycles. The SMILES string of the molecule is COc1cccc(C[C@@H](C2CCN(C(=O)c3ccccc3)CC2)N(C)C(=O)c2ccn(C)n2)c1. The molecule has 0 unspecified atom stereocenters. The molecule has 2 heterocycles. The summed E-state index contributed by atoms with van der Waals surface area (Å²) >= 11 is 0. The lowest BCUT2D eigenvalue weighted by molar-refractivity contribution is 0.0518. The van der Waals surface area contributed by atoms with Gasteiger partial charge in [-0.25, -0.2) is 0 Å². The van der Waals surface area contributed by atoms with Crippen LogP contribution >= 0.6 is 0 Å². The third kappa shape index (κ3) is 5.30. The van der Waals surface area contributed by atoms with Crippen LogP contribution in [0.25, 0.3) is 0 Å². The molecule has 7 nitrogen and oxygen atoms in total. The van der Waals surface area contributed by atoms with Crippen molar-refractivity contribution in [3.63, 3.8) is 0 Å². The Morgan fingerprint density at radius 1 is 1.09 bits per heavy atom. The van der Waals surface area contributed by atoms with Crippen molar-refractivity contribution in [2.45, 2.75) is 25.3 Å². The molecular weight excluding hydrogens is 428 g/mol. The van der Waals surface area contributed by atoms with Crippen LogP contribution in [0, 0.1) is 5.92 Å². The summed E-state index contributed by atoms with van der Waals surface area (Å²) in [5, 5.41) is 4.32. The Morgan fingerprint density at radius 2 is 1.82 bits per heavy atom. The predicted octanol–water partition coefficient (Wildman–Crippen LogP) is 3.66. The van der Waals surface area contributed by atoms with E-state index in [1.54, 1.807) is 24.1 Å². The third-order valence-corrected chi connectivity index (χ3v) is 6.72. The second-order valence-corrected chi connectivity index (χ2v) is 8.91. The number of carbonyl (C=O) groups excluding carboxylic acids is 2. The van der Waals surface area contributed by atoms with Crippen molar-refractivity contribution >= 4 is 11.8 Å². The molecule has 1 aromatic heterocycles. The summed E-state index contributed by atoms with van der Waals surface area (Å²) in [5.74, 6) is 1.06. The first-order valence-electron chi connectivity index (χ1n) is 11.7. The van der Waals surface area contributed by atoms with Gasteiger partial charge in [0.1, 0.15) is 11.4 Å². The van der Waals surface area contributed by atoms with Gasteiger partial charge >= 0.3 is 0 Å². The summed E-state index contributed by atoms with van der Waals surface area (Å²) in [6.07, 6.45) is 4.18. The molecule has 0 radical (unpaired) electrons. The van der Waals surface area contributed by atoms with Crippen LogP contribution in [-0.2, 0) is 13.5 Å². The van der Waals surface area contributed by atoms with Crippen molar-refractivity contribution in [3.05, 3.63) is 83.7 Å². The van der Waals surface area contributed by atoms with Crippen LogP contribution < -0.4 is 4.74 Å². The first-order valence-corrected chi connectivity index (χ1v) is 11.7. The Hall–Kier alpha value is -3.61. The Labute approximate surface area is 200 Å². The molecule has 7 heteroatoms. The van der Waals surface area contributed by atoms with E-state index in [1.807, 2.05) is 72.4 Å². The Kier molecular flexibility index (Phi) is 7.30. The zero-order valence-electron chi connectivity index (χ0n) is 20.1. The molecule has 178 valence electrons. The number of likely N-dealkylation sites (N-methyl/N-ethyl adjacent to an activating group) is 1. The van der Waals surface area contributed by atoms with Crippen LogP contribution in [0.15, 0.2) is 66.9 Å². The number of ether oxygens (including phenoxy) is 1. The number of hydrogen-bond donors (Lipinski definition) is 0. The molecule has 1 fully saturated rings. The highest BCUT2D eigenvalue weighted by Gasteiger charge is 2.33. The van der Waals surface area contributed by atoms with Crippen molar-refractivity contribution in [2.75, 3.05) is 27.2 Å². The molecule has 34 heavy (non-hydrogen) atoms. The van der Waals surface area contributed by atoms with Crippen LogP contribution in [0.1, 0.15) is 39.3 Å². The first-order chi connectivity index (χ1) is 16.5. The van der Waals surface area contributed by atoms with Crippen molar-refractivity contribution in [3.8, 4) is 5.75 Å². The molecule has 0 bridgehead atoms. The standard InChI is InChI=1S/C27H32N4O3/c1-29-15-14-24(28-29)27(33)30(2)25(19-20-8-7-11-23(18-20)34-3)21-12-16-31(17-13-21)26(32)22-9-5-4-6-10-22/h4-11,14-15,18,21,25H,12-13,16-17,19H2,1-3H3/t25-/m0/s1. The molecule has 0 N–H and O–H groups in total. The molecule has 0 saturated carbocycles. The van der Waals surface area contributed by atoms with Crippen molar-refractivity contribution in [1.29, 1.82) is 0 Å². The lowest BCUT2D eigenvalue weighted by Gasteiger charge is -2.40. The van der Waals surface area contributed by atoms with E-state index in [0.717, 1.165) is 29.7 Å². The number of amides is 2. The smallest absolute Gasteiger partial charge is 0.274 e. The Balaban J connectivity index is 1.51. The van der Waals surface area contributed by atoms with Gasteiger partial charge in [0, 0.05) is 45.0 Å². The van der Waals surface area contributed by atoms with E-state index in [9.17, 15) is 9.59 Å². The molecule has 0 aliphatic carbocycles. The summed E-state index contributed by atoms with van der Waals surface area (Å²) in [7, 11) is 5.33. The van der Waals surface area contributed by atoms with Gasteiger partial charge in [0.2, 0.25) is 0 Å². The monoisotopic (exact) mass is 460 g/mol. The summed E-state index contributed by atoms with van der Waals surface area (Å²) in [6.45, 7) is 1.36. The molecule has 0 spiro atoms. The van der Waals surface area contributed by atoms with Gasteiger partial charge in [-0.2, -0.15) is 5.10 Å². The second kappa shape index (κ2) is 10.5. The van der Waals surface area contributed by atoms with Gasteiger partial charge in [-0.15, -0.1) is 0 Å². The molecule has 2 amide bonds. The maximum absolute atomic E-state index is 13.3. The van der Waals surface area contributed by atoms with Gasteiger partial charge in [0.25, 0.3) is 11.8 Å². The first kappa shape index (κ1) is 23.5. The number of carbonyl (C=O) groups is 2. The van der Waals surface area contributed by atoms with Crippen LogP contribution in [0.4, 0.5) is 0 Å². The summed E-state index contributed by atoms with van der Waals surface area (Å²) < 4.78 is 7.05. The summed E-state index contributed by atoms with van der Waals surface area (Å²) in [5.41, 5.74) is 2.28. The van der Waals surface area contributed by atoms with Crippen molar-refractivity contribution in [1.82, 2.24) is 19.6 Å². The highest BCUT2D eigenvalue weighted by Crippen LogP contribution is 2.28. The second-order valence-electron chi connectivity index (χ2n) is 8.91. The lowest BCUT2D eigenvalue weighted by Crippen LogP contribution is -2.48. The van der Waals surface area contributed by atoms with Gasteiger partial charge in [-0.1, -0.05) is 30.3 Å². The largest absolute Gasteiger partial charge is 0.497 e. The van der Waals surface area contributed by atoms with Crippen LogP contribution in [0.5, 0.6) is 5.75 Å². The number of likely N-dealkylation sites (tertiary alicyclic amines) is 1. The molecule has 1 atom stereocenters. The van der Waals surface area contributed by atoms with Crippen molar-refractivity contribution in [2.24, 2.45) is 13.0 Å². The average Bonchev–Trinajstić information content (AvgIpc) is 3.33. The van der Waals surface area contributed by atoms with Crippen LogP contribution in [0.3, 0.4) is 0 Å².